The smallest absolute Gasteiger partial charge is 0.237 e. The Labute approximate surface area is 120 Å². The lowest BCUT2D eigenvalue weighted by molar-refractivity contribution is -0.115. The molecule has 0 unspecified atom stereocenters. The van der Waals surface area contributed by atoms with Crippen LogP contribution in [-0.2, 0) is 11.8 Å². The van der Waals surface area contributed by atoms with Crippen LogP contribution in [0.25, 0.3) is 0 Å². The van der Waals surface area contributed by atoms with Crippen LogP contribution in [0.4, 0.5) is 5.69 Å². The summed E-state index contributed by atoms with van der Waals surface area (Å²) in [5.74, 6) is -0.145. The minimum absolute atomic E-state index is 0.145. The number of aromatic nitrogens is 3. The van der Waals surface area contributed by atoms with Crippen molar-refractivity contribution in [1.82, 2.24) is 14.8 Å². The molecule has 1 amide bonds. The fraction of sp³-hybridized carbons (Fsp3) is 0.231. The van der Waals surface area contributed by atoms with Gasteiger partial charge in [-0.1, -0.05) is 17.8 Å². The van der Waals surface area contributed by atoms with E-state index < -0.39 is 0 Å². The molecule has 1 heterocycles. The molecule has 20 heavy (non-hydrogen) atoms. The predicted octanol–water partition coefficient (Wildman–Crippen LogP) is 1.81. The van der Waals surface area contributed by atoms with Crippen LogP contribution in [0, 0.1) is 11.3 Å². The van der Waals surface area contributed by atoms with Crippen LogP contribution >= 0.6 is 11.8 Å². The SMILES string of the molecule is C[C@H](Sc1nncn1C)C(=O)Nc1cccc(C#N)c1. The molecule has 1 aromatic heterocycles. The normalized spacial score (nSPS) is 11.7. The topological polar surface area (TPSA) is 83.6 Å². The van der Waals surface area contributed by atoms with Crippen molar-refractivity contribution >= 4 is 23.4 Å². The van der Waals surface area contributed by atoms with Crippen molar-refractivity contribution < 1.29 is 4.79 Å². The van der Waals surface area contributed by atoms with Gasteiger partial charge in [0.2, 0.25) is 5.91 Å². The number of aryl methyl sites for hydroxylation is 1. The maximum Gasteiger partial charge on any atom is 0.237 e. The second-order valence-electron chi connectivity index (χ2n) is 4.17. The third kappa shape index (κ3) is 3.36. The monoisotopic (exact) mass is 287 g/mol. The lowest BCUT2D eigenvalue weighted by Crippen LogP contribution is -2.22. The van der Waals surface area contributed by atoms with Crippen LogP contribution in [-0.4, -0.2) is 25.9 Å². The number of hydrogen-bond donors (Lipinski definition) is 1. The van der Waals surface area contributed by atoms with Crippen molar-refractivity contribution in [2.24, 2.45) is 7.05 Å². The largest absolute Gasteiger partial charge is 0.325 e. The van der Waals surface area contributed by atoms with E-state index in [4.69, 9.17) is 5.26 Å². The van der Waals surface area contributed by atoms with E-state index in [0.717, 1.165) is 0 Å². The summed E-state index contributed by atoms with van der Waals surface area (Å²) in [5.41, 5.74) is 1.12. The zero-order chi connectivity index (χ0) is 14.5. The molecule has 6 nitrogen and oxygen atoms in total. The summed E-state index contributed by atoms with van der Waals surface area (Å²) in [6, 6.07) is 8.84. The van der Waals surface area contributed by atoms with E-state index in [2.05, 4.69) is 15.5 Å². The molecule has 0 radical (unpaired) electrons. The number of carbonyl (C=O) groups excluding carboxylic acids is 1. The quantitative estimate of drug-likeness (QED) is 0.867. The first kappa shape index (κ1) is 14.1. The summed E-state index contributed by atoms with van der Waals surface area (Å²) < 4.78 is 1.75. The summed E-state index contributed by atoms with van der Waals surface area (Å²) in [7, 11) is 1.82. The molecule has 0 saturated heterocycles. The van der Waals surface area contributed by atoms with E-state index in [1.54, 1.807) is 42.1 Å². The lowest BCUT2D eigenvalue weighted by atomic mass is 10.2. The highest BCUT2D eigenvalue weighted by molar-refractivity contribution is 8.00. The van der Waals surface area contributed by atoms with Gasteiger partial charge >= 0.3 is 0 Å². The van der Waals surface area contributed by atoms with Gasteiger partial charge in [0.05, 0.1) is 16.9 Å². The van der Waals surface area contributed by atoms with Gasteiger partial charge in [-0.2, -0.15) is 5.26 Å². The average molecular weight is 287 g/mol. The van der Waals surface area contributed by atoms with Gasteiger partial charge in [-0.3, -0.25) is 4.79 Å². The Morgan fingerprint density at radius 2 is 2.35 bits per heavy atom. The number of amides is 1. The molecule has 0 aliphatic heterocycles. The summed E-state index contributed by atoms with van der Waals surface area (Å²) in [6.07, 6.45) is 1.59. The van der Waals surface area contributed by atoms with Crippen LogP contribution < -0.4 is 5.32 Å². The van der Waals surface area contributed by atoms with Crippen LogP contribution in [0.2, 0.25) is 0 Å². The standard InChI is InChI=1S/C13H13N5OS/c1-9(20-13-17-15-8-18(13)2)12(19)16-11-5-3-4-10(6-11)7-14/h3-6,8-9H,1-2H3,(H,16,19)/t9-/m0/s1. The summed E-state index contributed by atoms with van der Waals surface area (Å²) in [6.45, 7) is 1.79. The molecule has 0 aliphatic rings. The molecule has 2 rings (SSSR count). The molecule has 1 aromatic carbocycles. The first-order chi connectivity index (χ1) is 9.60. The van der Waals surface area contributed by atoms with E-state index in [-0.39, 0.29) is 11.2 Å². The first-order valence-corrected chi connectivity index (χ1v) is 6.80. The van der Waals surface area contributed by atoms with Crippen LogP contribution in [0.1, 0.15) is 12.5 Å². The first-order valence-electron chi connectivity index (χ1n) is 5.92. The highest BCUT2D eigenvalue weighted by Crippen LogP contribution is 2.21. The zero-order valence-electron chi connectivity index (χ0n) is 11.1. The van der Waals surface area contributed by atoms with Crippen molar-refractivity contribution in [3.8, 4) is 6.07 Å². The fourth-order valence-electron chi connectivity index (χ4n) is 1.50. The highest BCUT2D eigenvalue weighted by Gasteiger charge is 2.17. The lowest BCUT2D eigenvalue weighted by Gasteiger charge is -2.11. The van der Waals surface area contributed by atoms with Gasteiger partial charge in [-0.25, -0.2) is 0 Å². The number of benzene rings is 1. The van der Waals surface area contributed by atoms with Gasteiger partial charge < -0.3 is 9.88 Å². The number of nitrogens with zero attached hydrogens (tertiary/aromatic N) is 4. The third-order valence-electron chi connectivity index (χ3n) is 2.58. The molecule has 2 aromatic rings. The number of nitrogens with one attached hydrogen (secondary N) is 1. The second kappa shape index (κ2) is 6.21. The molecular weight excluding hydrogens is 274 g/mol. The molecule has 0 saturated carbocycles. The van der Waals surface area contributed by atoms with Crippen molar-refractivity contribution in [1.29, 1.82) is 5.26 Å². The molecule has 0 aliphatic carbocycles. The minimum Gasteiger partial charge on any atom is -0.325 e. The molecule has 0 bridgehead atoms. The predicted molar refractivity (Wildman–Crippen MR) is 76.1 cm³/mol. The van der Waals surface area contributed by atoms with Gasteiger partial charge in [-0.05, 0) is 25.1 Å². The highest BCUT2D eigenvalue weighted by atomic mass is 32.2. The molecule has 0 fully saturated rings. The third-order valence-corrected chi connectivity index (χ3v) is 3.73. The van der Waals surface area contributed by atoms with E-state index in [1.807, 2.05) is 13.1 Å². The van der Waals surface area contributed by atoms with Gasteiger partial charge in [0.15, 0.2) is 5.16 Å². The van der Waals surface area contributed by atoms with Crippen molar-refractivity contribution in [2.75, 3.05) is 5.32 Å². The van der Waals surface area contributed by atoms with Crippen molar-refractivity contribution in [3.05, 3.63) is 36.2 Å². The molecule has 7 heteroatoms. The van der Waals surface area contributed by atoms with Gasteiger partial charge in [-0.15, -0.1) is 10.2 Å². The summed E-state index contributed by atoms with van der Waals surface area (Å²) >= 11 is 1.33. The number of anilines is 1. The summed E-state index contributed by atoms with van der Waals surface area (Å²) in [5, 5.41) is 19.7. The number of rotatable bonds is 4. The van der Waals surface area contributed by atoms with E-state index in [9.17, 15) is 4.79 Å². The zero-order valence-corrected chi connectivity index (χ0v) is 11.9. The number of hydrogen-bond acceptors (Lipinski definition) is 5. The van der Waals surface area contributed by atoms with Crippen LogP contribution in [0.3, 0.4) is 0 Å². The van der Waals surface area contributed by atoms with Crippen molar-refractivity contribution in [2.45, 2.75) is 17.3 Å². The average Bonchev–Trinajstić information content (AvgIpc) is 2.84. The maximum atomic E-state index is 12.1. The molecule has 102 valence electrons. The molecule has 1 N–H and O–H groups in total. The Morgan fingerprint density at radius 3 is 3.00 bits per heavy atom. The van der Waals surface area contributed by atoms with Gasteiger partial charge in [0.25, 0.3) is 0 Å². The van der Waals surface area contributed by atoms with E-state index in [1.165, 1.54) is 11.8 Å². The maximum absolute atomic E-state index is 12.1. The minimum atomic E-state index is -0.316. The number of nitriles is 1. The van der Waals surface area contributed by atoms with Crippen molar-refractivity contribution in [3.63, 3.8) is 0 Å². The van der Waals surface area contributed by atoms with Gasteiger partial charge in [0.1, 0.15) is 6.33 Å². The molecule has 0 spiro atoms. The number of carbonyl (C=O) groups is 1. The Balaban J connectivity index is 2.01. The second-order valence-corrected chi connectivity index (χ2v) is 5.47. The summed E-state index contributed by atoms with van der Waals surface area (Å²) in [4.78, 5) is 12.1. The van der Waals surface area contributed by atoms with E-state index >= 15 is 0 Å². The van der Waals surface area contributed by atoms with Crippen LogP contribution in [0.15, 0.2) is 35.7 Å². The number of thioether (sulfide) groups is 1. The van der Waals surface area contributed by atoms with E-state index in [0.29, 0.717) is 16.4 Å². The van der Waals surface area contributed by atoms with Gasteiger partial charge in [0, 0.05) is 12.7 Å². The molecule has 1 atom stereocenters. The fourth-order valence-corrected chi connectivity index (χ4v) is 2.29. The Kier molecular flexibility index (Phi) is 4.38. The van der Waals surface area contributed by atoms with Crippen LogP contribution in [0.5, 0.6) is 0 Å². The Hall–Kier alpha value is -2.33. The molecular formula is C13H13N5OS. The Bertz CT molecular complexity index is 661. The Morgan fingerprint density at radius 1 is 1.55 bits per heavy atom.